The van der Waals surface area contributed by atoms with E-state index in [1.54, 1.807) is 48.5 Å². The Balaban J connectivity index is 2.15. The third-order valence-electron chi connectivity index (χ3n) is 3.84. The van der Waals surface area contributed by atoms with Crippen molar-refractivity contribution in [3.05, 3.63) is 69.7 Å². The second kappa shape index (κ2) is 6.49. The summed E-state index contributed by atoms with van der Waals surface area (Å²) in [4.78, 5) is 24.2. The lowest BCUT2D eigenvalue weighted by molar-refractivity contribution is -0.133. The fourth-order valence-electron chi connectivity index (χ4n) is 2.67. The zero-order chi connectivity index (χ0) is 17.3. The lowest BCUT2D eigenvalue weighted by Gasteiger charge is -2.16. The zero-order valence-electron chi connectivity index (χ0n) is 12.7. The Labute approximate surface area is 147 Å². The van der Waals surface area contributed by atoms with Crippen molar-refractivity contribution >= 4 is 33.4 Å². The van der Waals surface area contributed by atoms with Gasteiger partial charge in [-0.2, -0.15) is 0 Å². The number of aliphatic hydroxyl groups excluding tert-OH is 1. The van der Waals surface area contributed by atoms with Crippen LogP contribution < -0.4 is 10.1 Å². The van der Waals surface area contributed by atoms with Gasteiger partial charge in [-0.1, -0.05) is 46.3 Å². The molecule has 3 rings (SSSR count). The van der Waals surface area contributed by atoms with Crippen LogP contribution in [-0.4, -0.2) is 23.9 Å². The highest BCUT2D eigenvalue weighted by atomic mass is 79.9. The molecule has 1 aliphatic heterocycles. The number of carbonyl (C=O) groups excluding carboxylic acids is 2. The minimum Gasteiger partial charge on any atom is -0.507 e. The van der Waals surface area contributed by atoms with Gasteiger partial charge in [-0.15, -0.1) is 0 Å². The molecule has 0 spiro atoms. The number of para-hydroxylation sites is 1. The fourth-order valence-corrected chi connectivity index (χ4v) is 2.93. The lowest BCUT2D eigenvalue weighted by atomic mass is 9.95. The van der Waals surface area contributed by atoms with Gasteiger partial charge in [0.05, 0.1) is 18.7 Å². The summed E-state index contributed by atoms with van der Waals surface area (Å²) in [6.07, 6.45) is 0. The number of halogens is 1. The number of aliphatic hydroxyl groups is 1. The van der Waals surface area contributed by atoms with Crippen LogP contribution in [0.25, 0.3) is 5.76 Å². The summed E-state index contributed by atoms with van der Waals surface area (Å²) in [5.41, 5.74) is 1.09. The highest BCUT2D eigenvalue weighted by Crippen LogP contribution is 2.36. The molecular formula is C18H14BrNO4. The van der Waals surface area contributed by atoms with Crippen molar-refractivity contribution in [2.75, 3.05) is 7.11 Å². The first kappa shape index (κ1) is 16.3. The lowest BCUT2D eigenvalue weighted by Crippen LogP contribution is -2.21. The number of hydrogen-bond donors (Lipinski definition) is 2. The van der Waals surface area contributed by atoms with Gasteiger partial charge in [0.1, 0.15) is 11.5 Å². The normalized spacial score (nSPS) is 19.2. The Morgan fingerprint density at radius 3 is 2.46 bits per heavy atom. The minimum absolute atomic E-state index is 0.0202. The van der Waals surface area contributed by atoms with Gasteiger partial charge in [-0.05, 0) is 18.2 Å². The van der Waals surface area contributed by atoms with Crippen molar-refractivity contribution in [1.29, 1.82) is 0 Å². The molecule has 5 nitrogen and oxygen atoms in total. The average molecular weight is 388 g/mol. The van der Waals surface area contributed by atoms with Gasteiger partial charge >= 0.3 is 0 Å². The Kier molecular flexibility index (Phi) is 4.40. The summed E-state index contributed by atoms with van der Waals surface area (Å²) < 4.78 is 6.15. The second-order valence-corrected chi connectivity index (χ2v) is 6.16. The molecule has 0 radical (unpaired) electrons. The first-order chi connectivity index (χ1) is 11.5. The third kappa shape index (κ3) is 2.80. The zero-order valence-corrected chi connectivity index (χ0v) is 14.3. The molecule has 1 fully saturated rings. The van der Waals surface area contributed by atoms with Crippen LogP contribution >= 0.6 is 15.9 Å². The second-order valence-electron chi connectivity index (χ2n) is 5.25. The van der Waals surface area contributed by atoms with Crippen LogP contribution in [-0.2, 0) is 9.59 Å². The number of methoxy groups -OCH3 is 1. The maximum atomic E-state index is 12.3. The Morgan fingerprint density at radius 2 is 1.79 bits per heavy atom. The van der Waals surface area contributed by atoms with E-state index in [4.69, 9.17) is 4.74 Å². The van der Waals surface area contributed by atoms with Crippen molar-refractivity contribution in [2.45, 2.75) is 6.04 Å². The molecule has 0 bridgehead atoms. The smallest absolute Gasteiger partial charge is 0.293 e. The molecule has 1 heterocycles. The molecule has 0 saturated carbocycles. The molecule has 2 aromatic rings. The van der Waals surface area contributed by atoms with E-state index in [1.165, 1.54) is 7.11 Å². The predicted molar refractivity (Wildman–Crippen MR) is 92.6 cm³/mol. The van der Waals surface area contributed by atoms with Gasteiger partial charge in [-0.25, -0.2) is 0 Å². The van der Waals surface area contributed by atoms with Crippen molar-refractivity contribution < 1.29 is 19.4 Å². The summed E-state index contributed by atoms with van der Waals surface area (Å²) in [7, 11) is 1.51. The number of Topliss-reactive ketones (excluding diaryl/α,β-unsaturated/α-hetero) is 1. The molecule has 122 valence electrons. The first-order valence-electron chi connectivity index (χ1n) is 7.20. The summed E-state index contributed by atoms with van der Waals surface area (Å²) in [5.74, 6) is -1.18. The van der Waals surface area contributed by atoms with Crippen LogP contribution in [0.2, 0.25) is 0 Å². The van der Waals surface area contributed by atoms with E-state index in [0.717, 1.165) is 4.47 Å². The van der Waals surface area contributed by atoms with Crippen LogP contribution in [0.1, 0.15) is 17.2 Å². The van der Waals surface area contributed by atoms with Crippen molar-refractivity contribution in [2.24, 2.45) is 0 Å². The maximum absolute atomic E-state index is 12.3. The topological polar surface area (TPSA) is 75.6 Å². The molecular weight excluding hydrogens is 374 g/mol. The summed E-state index contributed by atoms with van der Waals surface area (Å²) in [5, 5.41) is 13.2. The Hall–Kier alpha value is -2.60. The monoisotopic (exact) mass is 387 g/mol. The van der Waals surface area contributed by atoms with Crippen molar-refractivity contribution in [3.63, 3.8) is 0 Å². The third-order valence-corrected chi connectivity index (χ3v) is 4.37. The molecule has 0 aliphatic carbocycles. The van der Waals surface area contributed by atoms with Gasteiger partial charge in [0.2, 0.25) is 0 Å². The molecule has 0 aromatic heterocycles. The number of amides is 1. The number of ketones is 1. The molecule has 1 atom stereocenters. The van der Waals surface area contributed by atoms with Crippen LogP contribution in [0.3, 0.4) is 0 Å². The SMILES string of the molecule is COc1ccccc1C1NC(=O)C(=O)/C1=C(\O)c1ccc(Br)cc1. The Morgan fingerprint density at radius 1 is 1.12 bits per heavy atom. The molecule has 2 N–H and O–H groups in total. The van der Waals surface area contributed by atoms with E-state index < -0.39 is 17.7 Å². The first-order valence-corrected chi connectivity index (χ1v) is 7.99. The Bertz CT molecular complexity index is 842. The standard InChI is InChI=1S/C18H14BrNO4/c1-24-13-5-3-2-4-12(13)15-14(17(22)18(23)20-15)16(21)10-6-8-11(19)9-7-10/h2-9,15,21H,1H3,(H,20,23)/b16-14-. The van der Waals surface area contributed by atoms with Crippen LogP contribution in [0.4, 0.5) is 0 Å². The maximum Gasteiger partial charge on any atom is 0.293 e. The summed E-state index contributed by atoms with van der Waals surface area (Å²) >= 11 is 3.32. The number of ether oxygens (including phenoxy) is 1. The van der Waals surface area contributed by atoms with E-state index in [-0.39, 0.29) is 11.3 Å². The highest BCUT2D eigenvalue weighted by molar-refractivity contribution is 9.10. The van der Waals surface area contributed by atoms with Gasteiger partial charge in [-0.3, -0.25) is 9.59 Å². The van der Waals surface area contributed by atoms with Crippen LogP contribution in [0.5, 0.6) is 5.75 Å². The summed E-state index contributed by atoms with van der Waals surface area (Å²) in [6.45, 7) is 0. The van der Waals surface area contributed by atoms with Crippen LogP contribution in [0.15, 0.2) is 58.6 Å². The van der Waals surface area contributed by atoms with E-state index in [2.05, 4.69) is 21.2 Å². The molecule has 1 saturated heterocycles. The number of benzene rings is 2. The number of rotatable bonds is 3. The number of carbonyl (C=O) groups is 2. The summed E-state index contributed by atoms with van der Waals surface area (Å²) in [6, 6.07) is 13.1. The van der Waals surface area contributed by atoms with Gasteiger partial charge in [0.25, 0.3) is 11.7 Å². The average Bonchev–Trinajstić information content (AvgIpc) is 2.90. The van der Waals surface area contributed by atoms with Crippen molar-refractivity contribution in [3.8, 4) is 5.75 Å². The number of hydrogen-bond acceptors (Lipinski definition) is 4. The quantitative estimate of drug-likeness (QED) is 0.481. The van der Waals surface area contributed by atoms with E-state index in [0.29, 0.717) is 16.9 Å². The van der Waals surface area contributed by atoms with Crippen molar-refractivity contribution in [1.82, 2.24) is 5.32 Å². The molecule has 1 unspecified atom stereocenters. The van der Waals surface area contributed by atoms with Gasteiger partial charge < -0.3 is 15.2 Å². The molecule has 2 aromatic carbocycles. The van der Waals surface area contributed by atoms with Gasteiger partial charge in [0, 0.05) is 15.6 Å². The molecule has 1 aliphatic rings. The predicted octanol–water partition coefficient (Wildman–Crippen LogP) is 3.17. The minimum atomic E-state index is -0.759. The van der Waals surface area contributed by atoms with Crippen LogP contribution in [0, 0.1) is 0 Å². The largest absolute Gasteiger partial charge is 0.507 e. The van der Waals surface area contributed by atoms with Gasteiger partial charge in [0.15, 0.2) is 0 Å². The van der Waals surface area contributed by atoms with E-state index in [9.17, 15) is 14.7 Å². The fraction of sp³-hybridized carbons (Fsp3) is 0.111. The van der Waals surface area contributed by atoms with E-state index >= 15 is 0 Å². The van der Waals surface area contributed by atoms with E-state index in [1.807, 2.05) is 0 Å². The molecule has 6 heteroatoms. The number of nitrogens with one attached hydrogen (secondary N) is 1. The molecule has 1 amide bonds. The molecule has 24 heavy (non-hydrogen) atoms. The highest BCUT2D eigenvalue weighted by Gasteiger charge is 2.40.